The molecule has 146 valence electrons. The van der Waals surface area contributed by atoms with Crippen molar-refractivity contribution in [2.75, 3.05) is 31.1 Å². The van der Waals surface area contributed by atoms with Gasteiger partial charge in [0.05, 0.1) is 12.5 Å². The van der Waals surface area contributed by atoms with Gasteiger partial charge in [-0.05, 0) is 43.4 Å². The van der Waals surface area contributed by atoms with E-state index in [-0.39, 0.29) is 30.7 Å². The van der Waals surface area contributed by atoms with E-state index in [9.17, 15) is 14.4 Å². The summed E-state index contributed by atoms with van der Waals surface area (Å²) in [7, 11) is 0. The number of amides is 3. The molecule has 0 radical (unpaired) electrons. The summed E-state index contributed by atoms with van der Waals surface area (Å²) >= 11 is 0. The lowest BCUT2D eigenvalue weighted by Gasteiger charge is -2.18. The van der Waals surface area contributed by atoms with E-state index in [1.807, 2.05) is 12.1 Å². The lowest BCUT2D eigenvalue weighted by Crippen LogP contribution is -2.41. The number of carbonyl (C=O) groups excluding carboxylic acids is 3. The molecule has 0 aliphatic carbocycles. The quantitative estimate of drug-likeness (QED) is 0.798. The first kappa shape index (κ1) is 19.4. The van der Waals surface area contributed by atoms with Crippen molar-refractivity contribution >= 4 is 23.4 Å². The summed E-state index contributed by atoms with van der Waals surface area (Å²) in [6, 6.07) is 8.03. The van der Waals surface area contributed by atoms with Crippen molar-refractivity contribution in [1.82, 2.24) is 10.2 Å². The first-order valence-corrected chi connectivity index (χ1v) is 10.0. The highest BCUT2D eigenvalue weighted by molar-refractivity contribution is 6.00. The molecule has 1 aromatic rings. The number of aryl methyl sites for hydroxylation is 1. The molecule has 6 nitrogen and oxygen atoms in total. The Kier molecular flexibility index (Phi) is 6.48. The van der Waals surface area contributed by atoms with Crippen molar-refractivity contribution in [3.8, 4) is 0 Å². The van der Waals surface area contributed by atoms with Crippen LogP contribution in [0.5, 0.6) is 0 Å². The summed E-state index contributed by atoms with van der Waals surface area (Å²) in [6.45, 7) is 4.12. The Hall–Kier alpha value is -2.37. The Morgan fingerprint density at radius 1 is 1.15 bits per heavy atom. The van der Waals surface area contributed by atoms with Crippen molar-refractivity contribution in [3.63, 3.8) is 0 Å². The van der Waals surface area contributed by atoms with Gasteiger partial charge >= 0.3 is 0 Å². The van der Waals surface area contributed by atoms with Crippen LogP contribution in [0.25, 0.3) is 0 Å². The fourth-order valence-electron chi connectivity index (χ4n) is 3.74. The first-order chi connectivity index (χ1) is 13.1. The zero-order valence-electron chi connectivity index (χ0n) is 16.1. The number of unbranched alkanes of at least 4 members (excludes halogenated alkanes) is 1. The molecule has 2 aliphatic rings. The minimum atomic E-state index is -0.399. The third-order valence-corrected chi connectivity index (χ3v) is 5.44. The zero-order valence-corrected chi connectivity index (χ0v) is 16.1. The van der Waals surface area contributed by atoms with Crippen LogP contribution >= 0.6 is 0 Å². The van der Waals surface area contributed by atoms with E-state index in [2.05, 4.69) is 24.4 Å². The summed E-state index contributed by atoms with van der Waals surface area (Å²) in [5.41, 5.74) is 2.10. The van der Waals surface area contributed by atoms with Crippen LogP contribution in [-0.4, -0.2) is 48.8 Å². The van der Waals surface area contributed by atoms with Gasteiger partial charge < -0.3 is 15.1 Å². The molecule has 0 spiro atoms. The Morgan fingerprint density at radius 2 is 1.85 bits per heavy atom. The van der Waals surface area contributed by atoms with Crippen molar-refractivity contribution < 1.29 is 14.4 Å². The van der Waals surface area contributed by atoms with Crippen LogP contribution in [0.2, 0.25) is 0 Å². The van der Waals surface area contributed by atoms with Crippen molar-refractivity contribution in [2.24, 2.45) is 5.92 Å². The van der Waals surface area contributed by atoms with Crippen LogP contribution in [0.4, 0.5) is 5.69 Å². The van der Waals surface area contributed by atoms with E-state index >= 15 is 0 Å². The molecule has 0 aromatic heterocycles. The van der Waals surface area contributed by atoms with Gasteiger partial charge in [-0.15, -0.1) is 0 Å². The van der Waals surface area contributed by atoms with Gasteiger partial charge in [-0.1, -0.05) is 25.5 Å². The molecule has 1 atom stereocenters. The van der Waals surface area contributed by atoms with Crippen LogP contribution in [-0.2, 0) is 20.8 Å². The second-order valence-corrected chi connectivity index (χ2v) is 7.48. The molecule has 2 fully saturated rings. The number of nitrogens with zero attached hydrogens (tertiary/aromatic N) is 2. The minimum absolute atomic E-state index is 0.0235. The minimum Gasteiger partial charge on any atom is -0.347 e. The fourth-order valence-corrected chi connectivity index (χ4v) is 3.74. The van der Waals surface area contributed by atoms with Gasteiger partial charge in [0, 0.05) is 31.7 Å². The van der Waals surface area contributed by atoms with E-state index in [1.54, 1.807) is 9.80 Å². The highest BCUT2D eigenvalue weighted by Crippen LogP contribution is 2.26. The molecule has 2 saturated heterocycles. The Morgan fingerprint density at radius 3 is 2.52 bits per heavy atom. The van der Waals surface area contributed by atoms with Crippen LogP contribution in [0.15, 0.2) is 24.3 Å². The van der Waals surface area contributed by atoms with Gasteiger partial charge in [-0.2, -0.15) is 0 Å². The molecule has 1 aromatic carbocycles. The molecule has 0 bridgehead atoms. The Labute approximate surface area is 160 Å². The molecular weight excluding hydrogens is 342 g/mol. The zero-order chi connectivity index (χ0) is 19.2. The average Bonchev–Trinajstić information content (AvgIpc) is 3.34. The number of anilines is 1. The van der Waals surface area contributed by atoms with Crippen molar-refractivity contribution in [2.45, 2.75) is 45.4 Å². The maximum atomic E-state index is 12.4. The standard InChI is InChI=1S/C21H29N3O3/c1-2-3-6-16-7-9-18(10-8-16)24-15-17(13-19(24)25)21(27)22-14-20(26)23-11-4-5-12-23/h7-10,17H,2-6,11-15H2,1H3,(H,22,27). The lowest BCUT2D eigenvalue weighted by atomic mass is 10.1. The maximum Gasteiger partial charge on any atom is 0.241 e. The number of rotatable bonds is 7. The Balaban J connectivity index is 1.51. The van der Waals surface area contributed by atoms with Crippen LogP contribution in [0.1, 0.15) is 44.6 Å². The monoisotopic (exact) mass is 371 g/mol. The summed E-state index contributed by atoms with van der Waals surface area (Å²) in [4.78, 5) is 40.3. The topological polar surface area (TPSA) is 69.7 Å². The molecular formula is C21H29N3O3. The number of hydrogen-bond donors (Lipinski definition) is 1. The van der Waals surface area contributed by atoms with E-state index in [1.165, 1.54) is 5.56 Å². The fraction of sp³-hybridized carbons (Fsp3) is 0.571. The lowest BCUT2D eigenvalue weighted by molar-refractivity contribution is -0.133. The number of hydrogen-bond acceptors (Lipinski definition) is 3. The van der Waals surface area contributed by atoms with Gasteiger partial charge in [0.1, 0.15) is 0 Å². The third kappa shape index (κ3) is 4.87. The van der Waals surface area contributed by atoms with Gasteiger partial charge in [-0.3, -0.25) is 14.4 Å². The van der Waals surface area contributed by atoms with Gasteiger partial charge in [0.2, 0.25) is 17.7 Å². The molecule has 6 heteroatoms. The first-order valence-electron chi connectivity index (χ1n) is 10.0. The second kappa shape index (κ2) is 9.02. The second-order valence-electron chi connectivity index (χ2n) is 7.48. The van der Waals surface area contributed by atoms with Crippen LogP contribution < -0.4 is 10.2 Å². The molecule has 1 unspecified atom stereocenters. The molecule has 27 heavy (non-hydrogen) atoms. The van der Waals surface area contributed by atoms with Crippen LogP contribution in [0, 0.1) is 5.92 Å². The van der Waals surface area contributed by atoms with Crippen molar-refractivity contribution in [1.29, 1.82) is 0 Å². The molecule has 2 heterocycles. The van der Waals surface area contributed by atoms with Crippen molar-refractivity contribution in [3.05, 3.63) is 29.8 Å². The van der Waals surface area contributed by atoms with Gasteiger partial charge in [0.25, 0.3) is 0 Å². The summed E-state index contributed by atoms with van der Waals surface area (Å²) < 4.78 is 0. The average molecular weight is 371 g/mol. The van der Waals surface area contributed by atoms with E-state index < -0.39 is 5.92 Å². The van der Waals surface area contributed by atoms with E-state index in [0.717, 1.165) is 50.9 Å². The number of likely N-dealkylation sites (tertiary alicyclic amines) is 1. The smallest absolute Gasteiger partial charge is 0.241 e. The summed E-state index contributed by atoms with van der Waals surface area (Å²) in [6.07, 6.45) is 5.61. The predicted molar refractivity (Wildman–Crippen MR) is 104 cm³/mol. The number of benzene rings is 1. The SMILES string of the molecule is CCCCc1ccc(N2CC(C(=O)NCC(=O)N3CCCC3)CC2=O)cc1. The molecule has 0 saturated carbocycles. The number of carbonyl (C=O) groups is 3. The normalized spacial score (nSPS) is 19.6. The third-order valence-electron chi connectivity index (χ3n) is 5.44. The highest BCUT2D eigenvalue weighted by Gasteiger charge is 2.35. The molecule has 1 N–H and O–H groups in total. The molecule has 3 rings (SSSR count). The molecule has 2 aliphatic heterocycles. The summed E-state index contributed by atoms with van der Waals surface area (Å²) in [5.74, 6) is -0.686. The van der Waals surface area contributed by atoms with E-state index in [0.29, 0.717) is 6.54 Å². The maximum absolute atomic E-state index is 12.4. The van der Waals surface area contributed by atoms with Gasteiger partial charge in [-0.25, -0.2) is 0 Å². The largest absolute Gasteiger partial charge is 0.347 e. The van der Waals surface area contributed by atoms with Crippen LogP contribution in [0.3, 0.4) is 0 Å². The van der Waals surface area contributed by atoms with Gasteiger partial charge in [0.15, 0.2) is 0 Å². The summed E-state index contributed by atoms with van der Waals surface area (Å²) in [5, 5.41) is 2.72. The van der Waals surface area contributed by atoms with E-state index in [4.69, 9.17) is 0 Å². The predicted octanol–water partition coefficient (Wildman–Crippen LogP) is 2.12. The highest BCUT2D eigenvalue weighted by atomic mass is 16.2. The Bertz CT molecular complexity index is 680. The molecule has 3 amide bonds. The number of nitrogens with one attached hydrogen (secondary N) is 1.